The maximum absolute atomic E-state index is 13.4. The zero-order valence-electron chi connectivity index (χ0n) is 16.1. The van der Waals surface area contributed by atoms with Crippen LogP contribution in [0.4, 0.5) is 5.69 Å². The van der Waals surface area contributed by atoms with E-state index in [9.17, 15) is 19.2 Å². The number of nitrogens with one attached hydrogen (secondary N) is 2. The van der Waals surface area contributed by atoms with E-state index in [1.54, 1.807) is 18.2 Å². The molecule has 0 aliphatic carbocycles. The van der Waals surface area contributed by atoms with E-state index >= 15 is 0 Å². The van der Waals surface area contributed by atoms with Crippen LogP contribution in [-0.2, 0) is 24.7 Å². The molecule has 3 aliphatic rings. The summed E-state index contributed by atoms with van der Waals surface area (Å²) in [7, 11) is 0. The van der Waals surface area contributed by atoms with Crippen molar-refractivity contribution in [1.29, 1.82) is 0 Å². The summed E-state index contributed by atoms with van der Waals surface area (Å²) in [6.07, 6.45) is 0.600. The standard InChI is InChI=1S/C20H22BrN3O5/c1-3-9(2)24-17(27)15-13(6-7-14(25)26)23-20(16(15)18(24)28)11-8-10(21)4-5-12(11)22-19(20)29/h4-5,8-9,13,15-16,23H,3,6-7H2,1-2H3,(H,22,29)(H,25,26). The number of anilines is 1. The third-order valence-electron chi connectivity index (χ3n) is 6.41. The van der Waals surface area contributed by atoms with Crippen molar-refractivity contribution in [3.05, 3.63) is 28.2 Å². The minimum Gasteiger partial charge on any atom is -0.481 e. The molecular weight excluding hydrogens is 442 g/mol. The number of carboxylic acid groups (broad SMARTS) is 1. The normalized spacial score (nSPS) is 31.2. The fourth-order valence-corrected chi connectivity index (χ4v) is 5.30. The van der Waals surface area contributed by atoms with Gasteiger partial charge in [0.05, 0.1) is 11.8 Å². The van der Waals surface area contributed by atoms with E-state index in [4.69, 9.17) is 5.11 Å². The van der Waals surface area contributed by atoms with Crippen LogP contribution in [0.3, 0.4) is 0 Å². The number of aliphatic carboxylic acids is 1. The van der Waals surface area contributed by atoms with Gasteiger partial charge in [-0.1, -0.05) is 22.9 Å². The van der Waals surface area contributed by atoms with Crippen LogP contribution in [0.2, 0.25) is 0 Å². The molecule has 5 unspecified atom stereocenters. The lowest BCUT2D eigenvalue weighted by Gasteiger charge is -2.31. The fraction of sp³-hybridized carbons (Fsp3) is 0.500. The molecule has 5 atom stereocenters. The number of imide groups is 1. The third kappa shape index (κ3) is 2.74. The van der Waals surface area contributed by atoms with Gasteiger partial charge in [0.15, 0.2) is 0 Å². The summed E-state index contributed by atoms with van der Waals surface area (Å²) < 4.78 is 0.745. The highest BCUT2D eigenvalue weighted by molar-refractivity contribution is 9.10. The van der Waals surface area contributed by atoms with Crippen LogP contribution in [0, 0.1) is 11.8 Å². The van der Waals surface area contributed by atoms with E-state index in [0.29, 0.717) is 17.7 Å². The first-order valence-electron chi connectivity index (χ1n) is 9.70. The van der Waals surface area contributed by atoms with Crippen molar-refractivity contribution >= 4 is 45.3 Å². The van der Waals surface area contributed by atoms with E-state index in [-0.39, 0.29) is 36.6 Å². The number of nitrogens with zero attached hydrogens (tertiary/aromatic N) is 1. The number of benzene rings is 1. The summed E-state index contributed by atoms with van der Waals surface area (Å²) in [5.41, 5.74) is -0.190. The molecule has 0 aromatic heterocycles. The molecule has 1 spiro atoms. The van der Waals surface area contributed by atoms with Crippen molar-refractivity contribution in [3.63, 3.8) is 0 Å². The SMILES string of the molecule is CCC(C)N1C(=O)C2C(CCC(=O)O)NC3(C(=O)Nc4ccc(Br)cc43)C2C1=O. The topological polar surface area (TPSA) is 116 Å². The molecule has 1 aromatic rings. The molecule has 9 heteroatoms. The lowest BCUT2D eigenvalue weighted by molar-refractivity contribution is -0.145. The van der Waals surface area contributed by atoms with E-state index in [1.807, 2.05) is 13.8 Å². The fourth-order valence-electron chi connectivity index (χ4n) is 4.94. The van der Waals surface area contributed by atoms with Gasteiger partial charge in [0.2, 0.25) is 17.7 Å². The molecule has 2 fully saturated rings. The second-order valence-corrected chi connectivity index (χ2v) is 8.86. The van der Waals surface area contributed by atoms with E-state index < -0.39 is 29.4 Å². The van der Waals surface area contributed by atoms with Crippen molar-refractivity contribution < 1.29 is 24.3 Å². The largest absolute Gasteiger partial charge is 0.481 e. The monoisotopic (exact) mass is 463 g/mol. The number of carbonyl (C=O) groups is 4. The number of halogens is 1. The summed E-state index contributed by atoms with van der Waals surface area (Å²) in [5, 5.41) is 15.2. The number of hydrogen-bond acceptors (Lipinski definition) is 5. The molecule has 3 N–H and O–H groups in total. The predicted octanol–water partition coefficient (Wildman–Crippen LogP) is 1.83. The molecule has 2 saturated heterocycles. The Morgan fingerprint density at radius 3 is 2.69 bits per heavy atom. The van der Waals surface area contributed by atoms with Crippen molar-refractivity contribution in [2.24, 2.45) is 11.8 Å². The average molecular weight is 464 g/mol. The van der Waals surface area contributed by atoms with Gasteiger partial charge in [-0.05, 0) is 38.0 Å². The van der Waals surface area contributed by atoms with Gasteiger partial charge in [0.25, 0.3) is 0 Å². The summed E-state index contributed by atoms with van der Waals surface area (Å²) in [5.74, 6) is -3.75. The minimum atomic E-state index is -1.39. The molecule has 8 nitrogen and oxygen atoms in total. The van der Waals surface area contributed by atoms with Gasteiger partial charge >= 0.3 is 5.97 Å². The molecule has 0 saturated carbocycles. The number of rotatable bonds is 5. The molecule has 4 rings (SSSR count). The number of carbonyl (C=O) groups excluding carboxylic acids is 3. The highest BCUT2D eigenvalue weighted by Gasteiger charge is 2.70. The highest BCUT2D eigenvalue weighted by Crippen LogP contribution is 2.54. The van der Waals surface area contributed by atoms with Crippen LogP contribution >= 0.6 is 15.9 Å². The Kier molecular flexibility index (Phi) is 4.77. The molecule has 0 radical (unpaired) electrons. The number of hydrogen-bond donors (Lipinski definition) is 3. The Morgan fingerprint density at radius 1 is 1.31 bits per heavy atom. The Balaban J connectivity index is 1.85. The molecule has 29 heavy (non-hydrogen) atoms. The molecule has 3 amide bonds. The van der Waals surface area contributed by atoms with Crippen molar-refractivity contribution in [3.8, 4) is 0 Å². The second-order valence-electron chi connectivity index (χ2n) is 7.94. The van der Waals surface area contributed by atoms with Crippen LogP contribution in [0.25, 0.3) is 0 Å². The summed E-state index contributed by atoms with van der Waals surface area (Å²) in [4.78, 5) is 52.3. The van der Waals surface area contributed by atoms with Crippen LogP contribution in [0.5, 0.6) is 0 Å². The van der Waals surface area contributed by atoms with Crippen molar-refractivity contribution in [2.45, 2.75) is 50.7 Å². The van der Waals surface area contributed by atoms with Gasteiger partial charge in [-0.2, -0.15) is 0 Å². The maximum atomic E-state index is 13.4. The van der Waals surface area contributed by atoms with Gasteiger partial charge < -0.3 is 10.4 Å². The van der Waals surface area contributed by atoms with Gasteiger partial charge in [-0.25, -0.2) is 0 Å². The van der Waals surface area contributed by atoms with Gasteiger partial charge in [0, 0.05) is 34.2 Å². The van der Waals surface area contributed by atoms with Gasteiger partial charge in [-0.15, -0.1) is 0 Å². The van der Waals surface area contributed by atoms with E-state index in [2.05, 4.69) is 26.6 Å². The van der Waals surface area contributed by atoms with E-state index in [0.717, 1.165) is 4.47 Å². The first-order chi connectivity index (χ1) is 13.7. The molecule has 154 valence electrons. The third-order valence-corrected chi connectivity index (χ3v) is 6.91. The van der Waals surface area contributed by atoms with Gasteiger partial charge in [0.1, 0.15) is 5.54 Å². The van der Waals surface area contributed by atoms with E-state index in [1.165, 1.54) is 4.90 Å². The molecular formula is C20H22BrN3O5. The average Bonchev–Trinajstić information content (AvgIpc) is 3.25. The molecule has 3 aliphatic heterocycles. The second kappa shape index (κ2) is 6.91. The Hall–Kier alpha value is -2.26. The highest BCUT2D eigenvalue weighted by atomic mass is 79.9. The first-order valence-corrected chi connectivity index (χ1v) is 10.5. The lowest BCUT2D eigenvalue weighted by Crippen LogP contribution is -2.54. The predicted molar refractivity (Wildman–Crippen MR) is 107 cm³/mol. The van der Waals surface area contributed by atoms with Crippen LogP contribution in [0.15, 0.2) is 22.7 Å². The quantitative estimate of drug-likeness (QED) is 0.573. The molecule has 3 heterocycles. The summed E-state index contributed by atoms with van der Waals surface area (Å²) in [6.45, 7) is 3.70. The number of fused-ring (bicyclic) bond motifs is 4. The molecule has 0 bridgehead atoms. The van der Waals surface area contributed by atoms with Crippen molar-refractivity contribution in [2.75, 3.05) is 5.32 Å². The zero-order chi connectivity index (χ0) is 21.1. The summed E-state index contributed by atoms with van der Waals surface area (Å²) >= 11 is 3.42. The Morgan fingerprint density at radius 2 is 2.03 bits per heavy atom. The Bertz CT molecular complexity index is 935. The smallest absolute Gasteiger partial charge is 0.303 e. The summed E-state index contributed by atoms with van der Waals surface area (Å²) in [6, 6.07) is 4.45. The van der Waals surface area contributed by atoms with Gasteiger partial charge in [-0.3, -0.25) is 29.4 Å². The van der Waals surface area contributed by atoms with Crippen LogP contribution < -0.4 is 10.6 Å². The van der Waals surface area contributed by atoms with Crippen LogP contribution in [0.1, 0.15) is 38.7 Å². The van der Waals surface area contributed by atoms with Crippen molar-refractivity contribution in [1.82, 2.24) is 10.2 Å². The Labute approximate surface area is 176 Å². The molecule has 1 aromatic carbocycles. The number of carboxylic acids is 1. The number of likely N-dealkylation sites (tertiary alicyclic amines) is 1. The lowest BCUT2D eigenvalue weighted by atomic mass is 9.76. The zero-order valence-corrected chi connectivity index (χ0v) is 17.7. The first kappa shape index (κ1) is 20.0. The maximum Gasteiger partial charge on any atom is 0.303 e. The number of amides is 3. The van der Waals surface area contributed by atoms with Crippen LogP contribution in [-0.4, -0.2) is 45.8 Å². The minimum absolute atomic E-state index is 0.155.